The highest BCUT2D eigenvalue weighted by atomic mass is 19.4. The predicted octanol–water partition coefficient (Wildman–Crippen LogP) is 17.1. The Labute approximate surface area is 773 Å². The number of rotatable bonds is 29. The monoisotopic (exact) mass is 1890 g/mol. The topological polar surface area (TPSA) is 240 Å². The summed E-state index contributed by atoms with van der Waals surface area (Å²) in [4.78, 5) is 89.8. The Bertz CT molecular complexity index is 4760. The summed E-state index contributed by atoms with van der Waals surface area (Å²) in [5.74, 6) is -0.620. The van der Waals surface area contributed by atoms with Crippen molar-refractivity contribution in [3.05, 3.63) is 178 Å². The molecule has 4 heterocycles. The largest absolute Gasteiger partial charge is 0.444 e. The van der Waals surface area contributed by atoms with Crippen LogP contribution < -0.4 is 16.0 Å². The number of carbonyl (C=O) groups is 6. The third kappa shape index (κ3) is 34.2. The SMILES string of the molecule is CN(C(=O)OC(C)(C)C)C1(CN(Cc2ccccc2)CC(F)(F)F)CC1.CN(C(=O)OC(C)(C)C)C1(CNCc2ccccc2)CC1.CN(C(=O)c1cnn2c1CN(C(=O)OC(C)(C)C)CC2)C1(CN(Cc2ccccc2)CC(F)(F)F)CC1.CN(C(=O)c1cnn2c1CN(C(=O)OC(C)(C)C)CC2)C1(CNCC(F)(F)F)CC1.CNC1(CN(Cc2ccccc2)CC(F)(F)F)CC1. The number of aromatic nitrogens is 4. The first kappa shape index (κ1) is 107. The van der Waals surface area contributed by atoms with Gasteiger partial charge in [-0.05, 0) is 177 Å². The number of carbonyl (C=O) groups excluding carboxylic acids is 6. The van der Waals surface area contributed by atoms with E-state index in [9.17, 15) is 81.5 Å². The van der Waals surface area contributed by atoms with Crippen LogP contribution in [0.25, 0.3) is 0 Å². The number of hydrogen-bond donors (Lipinski definition) is 3. The minimum atomic E-state index is -4.36. The van der Waals surface area contributed by atoms with Gasteiger partial charge >= 0.3 is 49.1 Å². The van der Waals surface area contributed by atoms with E-state index in [-0.39, 0.29) is 74.8 Å². The number of nitrogens with one attached hydrogen (secondary N) is 3. The summed E-state index contributed by atoms with van der Waals surface area (Å²) in [6.07, 6.45) is -8.00. The van der Waals surface area contributed by atoms with Crippen LogP contribution in [0.3, 0.4) is 0 Å². The summed E-state index contributed by atoms with van der Waals surface area (Å²) < 4.78 is 180. The number of benzene rings is 4. The van der Waals surface area contributed by atoms with E-state index >= 15 is 0 Å². The third-order valence-electron chi connectivity index (χ3n) is 23.9. The van der Waals surface area contributed by atoms with Crippen LogP contribution in [0.15, 0.2) is 134 Å². The smallest absolute Gasteiger partial charge is 0.410 e. The van der Waals surface area contributed by atoms with E-state index in [1.165, 1.54) is 52.3 Å². The van der Waals surface area contributed by atoms with Gasteiger partial charge in [0.25, 0.3) is 11.8 Å². The average molecular weight is 1890 g/mol. The molecule has 133 heavy (non-hydrogen) atoms. The lowest BCUT2D eigenvalue weighted by molar-refractivity contribution is -0.149. The molecule has 0 radical (unpaired) electrons. The minimum absolute atomic E-state index is 0.0717. The number of ether oxygens (including phenoxy) is 4. The molecule has 738 valence electrons. The standard InChI is InChI=1S/C26H34F3N5O3.C19H28F3N5O3.C19H27F3N2O2.C17H26N2O2.C14H19F3N2/c1-24(2,3)37-23(36)33-12-13-34-21(16-33)20(14-30-34)22(35)31(4)25(10-11-25)17-32(18-26(27,28)29)15-19-8-6-5-7-9-19;1-17(2,3)30-16(29)26-7-8-27-14(10-26)13(9-24-27)15(28)25(4)18(5-6-18)11-23-12-19(20,21)22;1-17(2,3)26-16(25)23(4)18(10-11-18)13-24(14-19(20,21)22)12-15-8-6-5-7-9-15;1-16(2,3)21-15(20)19(4)17(10-11-17)13-18-12-14-8-6-5-7-9-14;1-18-13(7-8-13)10-19(11-14(15,16)17)9-12-5-3-2-4-6-12/h5-9,14H,10-13,15-18H2,1-4H3;9,23H,5-8,10-12H2,1-4H3;5-9H,10-14H2,1-4H3;5-9,18H,10-13H2,1-4H3;2-6,18H,7-11H2,1H3. The van der Waals surface area contributed by atoms with E-state index in [0.717, 1.165) is 55.5 Å². The van der Waals surface area contributed by atoms with Crippen molar-refractivity contribution in [2.75, 3.05) is 107 Å². The fourth-order valence-corrected chi connectivity index (χ4v) is 15.9. The number of alkyl halides is 12. The molecule has 5 aliphatic carbocycles. The van der Waals surface area contributed by atoms with Crippen molar-refractivity contribution in [2.45, 2.75) is 274 Å². The van der Waals surface area contributed by atoms with E-state index in [1.807, 2.05) is 95.5 Å². The molecule has 2 aliphatic heterocycles. The Kier molecular flexibility index (Phi) is 35.0. The van der Waals surface area contributed by atoms with Gasteiger partial charge in [-0.2, -0.15) is 62.9 Å². The van der Waals surface area contributed by atoms with Gasteiger partial charge in [-0.1, -0.05) is 121 Å². The van der Waals surface area contributed by atoms with Crippen LogP contribution in [0.2, 0.25) is 0 Å². The minimum Gasteiger partial charge on any atom is -0.444 e. The summed E-state index contributed by atoms with van der Waals surface area (Å²) >= 11 is 0. The first-order valence-electron chi connectivity index (χ1n) is 45.0. The quantitative estimate of drug-likeness (QED) is 0.0292. The maximum atomic E-state index is 13.6. The van der Waals surface area contributed by atoms with Crippen molar-refractivity contribution in [3.8, 4) is 0 Å². The van der Waals surface area contributed by atoms with Crippen LogP contribution in [0.5, 0.6) is 0 Å². The van der Waals surface area contributed by atoms with Crippen LogP contribution in [0.4, 0.5) is 71.9 Å². The number of nitrogens with zero attached hydrogens (tertiary/aromatic N) is 13. The van der Waals surface area contributed by atoms with Crippen molar-refractivity contribution in [2.24, 2.45) is 0 Å². The number of likely N-dealkylation sites (N-methyl/N-ethyl adjacent to an activating group) is 5. The van der Waals surface area contributed by atoms with Crippen molar-refractivity contribution in [1.29, 1.82) is 0 Å². The molecular formula is C95H134F12N16O10. The van der Waals surface area contributed by atoms with Crippen LogP contribution in [0.1, 0.15) is 202 Å². The number of fused-ring (bicyclic) bond motifs is 2. The second kappa shape index (κ2) is 43.5. The molecule has 6 aromatic rings. The van der Waals surface area contributed by atoms with Gasteiger partial charge in [0.1, 0.15) is 22.4 Å². The molecule has 7 aliphatic rings. The third-order valence-corrected chi connectivity index (χ3v) is 23.9. The van der Waals surface area contributed by atoms with Crippen molar-refractivity contribution in [1.82, 2.24) is 79.6 Å². The molecule has 4 aromatic carbocycles. The number of amides is 6. The molecule has 0 atom stereocenters. The molecule has 6 amide bonds. The van der Waals surface area contributed by atoms with Gasteiger partial charge in [0.2, 0.25) is 0 Å². The van der Waals surface area contributed by atoms with Crippen LogP contribution in [-0.2, 0) is 71.3 Å². The Morgan fingerprint density at radius 1 is 0.376 bits per heavy atom. The zero-order chi connectivity index (χ0) is 98.4. The summed E-state index contributed by atoms with van der Waals surface area (Å²) in [6.45, 7) is 22.8. The molecule has 0 unspecified atom stereocenters. The van der Waals surface area contributed by atoms with Crippen LogP contribution in [0, 0.1) is 0 Å². The average Bonchev–Trinajstić information content (AvgIpc) is 1.55. The summed E-state index contributed by atoms with van der Waals surface area (Å²) in [5, 5.41) is 17.6. The van der Waals surface area contributed by atoms with Crippen molar-refractivity contribution >= 4 is 36.2 Å². The van der Waals surface area contributed by atoms with Gasteiger partial charge < -0.3 is 64.3 Å². The Morgan fingerprint density at radius 3 is 0.985 bits per heavy atom. The van der Waals surface area contributed by atoms with Crippen molar-refractivity contribution < 1.29 is 100 Å². The van der Waals surface area contributed by atoms with E-state index in [4.69, 9.17) is 18.9 Å². The molecule has 5 saturated carbocycles. The van der Waals surface area contributed by atoms with Crippen molar-refractivity contribution in [3.63, 3.8) is 0 Å². The second-order valence-electron chi connectivity index (χ2n) is 40.0. The van der Waals surface area contributed by atoms with Gasteiger partial charge in [-0.3, -0.25) is 33.7 Å². The molecule has 0 bridgehead atoms. The van der Waals surface area contributed by atoms with E-state index in [0.29, 0.717) is 100 Å². The van der Waals surface area contributed by atoms with E-state index in [1.54, 1.807) is 151 Å². The zero-order valence-electron chi connectivity index (χ0n) is 79.6. The summed E-state index contributed by atoms with van der Waals surface area (Å²) in [7, 11) is 8.51. The van der Waals surface area contributed by atoms with Gasteiger partial charge in [0, 0.05) is 106 Å². The lowest BCUT2D eigenvalue weighted by atomic mass is 10.1. The first-order chi connectivity index (χ1) is 61.7. The molecule has 26 nitrogen and oxygen atoms in total. The maximum absolute atomic E-state index is 13.6. The fraction of sp³-hybridized carbons (Fsp3) is 0.621. The number of halogens is 12. The fourth-order valence-electron chi connectivity index (χ4n) is 15.9. The first-order valence-corrected chi connectivity index (χ1v) is 45.0. The molecule has 3 N–H and O–H groups in total. The molecule has 5 fully saturated rings. The lowest BCUT2D eigenvalue weighted by Gasteiger charge is -2.35. The van der Waals surface area contributed by atoms with Gasteiger partial charge in [0.05, 0.1) is 109 Å². The predicted molar refractivity (Wildman–Crippen MR) is 479 cm³/mol. The maximum Gasteiger partial charge on any atom is 0.410 e. The lowest BCUT2D eigenvalue weighted by Crippen LogP contribution is -2.49. The second-order valence-corrected chi connectivity index (χ2v) is 40.0. The van der Waals surface area contributed by atoms with Gasteiger partial charge in [0.15, 0.2) is 0 Å². The Hall–Kier alpha value is -9.76. The van der Waals surface area contributed by atoms with E-state index in [2.05, 4.69) is 38.3 Å². The summed E-state index contributed by atoms with van der Waals surface area (Å²) in [6, 6.07) is 37.7. The number of hydrogen-bond acceptors (Lipinski definition) is 18. The molecule has 38 heteroatoms. The van der Waals surface area contributed by atoms with Gasteiger partial charge in [-0.15, -0.1) is 0 Å². The van der Waals surface area contributed by atoms with Crippen LogP contribution >= 0.6 is 0 Å². The van der Waals surface area contributed by atoms with Crippen LogP contribution in [-0.4, -0.2) is 282 Å². The molecule has 0 saturated heterocycles. The normalized spacial score (nSPS) is 17.1. The highest BCUT2D eigenvalue weighted by molar-refractivity contribution is 5.96. The molecule has 0 spiro atoms. The highest BCUT2D eigenvalue weighted by Gasteiger charge is 2.55. The van der Waals surface area contributed by atoms with E-state index < -0.39 is 108 Å². The highest BCUT2D eigenvalue weighted by Crippen LogP contribution is 2.47. The van der Waals surface area contributed by atoms with Gasteiger partial charge in [-0.25, -0.2) is 19.2 Å². The zero-order valence-corrected chi connectivity index (χ0v) is 79.6. The molecular weight excluding hydrogens is 1750 g/mol. The summed E-state index contributed by atoms with van der Waals surface area (Å²) in [5.41, 5.74) is 1.22. The molecule has 2 aromatic heterocycles. The Balaban J connectivity index is 0.000000191. The molecule has 13 rings (SSSR count). The Morgan fingerprint density at radius 2 is 0.677 bits per heavy atom.